The summed E-state index contributed by atoms with van der Waals surface area (Å²) in [6.07, 6.45) is 4.41. The van der Waals surface area contributed by atoms with E-state index in [-0.39, 0.29) is 0 Å². The van der Waals surface area contributed by atoms with Crippen LogP contribution in [0.15, 0.2) is 30.5 Å². The third kappa shape index (κ3) is 1.23. The standard InChI is InChI=1S/C12H11NO/c14-11-4-3-9-7-13-12(8-1-2-8)6-10(9)5-11/h3-8,14H,1-2H2. The fourth-order valence-electron chi connectivity index (χ4n) is 1.75. The average molecular weight is 185 g/mol. The Morgan fingerprint density at radius 3 is 2.79 bits per heavy atom. The molecule has 70 valence electrons. The zero-order valence-corrected chi connectivity index (χ0v) is 7.77. The molecule has 2 nitrogen and oxygen atoms in total. The van der Waals surface area contributed by atoms with Gasteiger partial charge < -0.3 is 5.11 Å². The fraction of sp³-hybridized carbons (Fsp3) is 0.250. The minimum atomic E-state index is 0.324. The second kappa shape index (κ2) is 2.71. The Balaban J connectivity index is 2.20. The molecular formula is C12H11NO. The molecule has 0 saturated heterocycles. The number of fused-ring (bicyclic) bond motifs is 1. The predicted octanol–water partition coefficient (Wildman–Crippen LogP) is 2.82. The number of pyridine rings is 1. The van der Waals surface area contributed by atoms with Gasteiger partial charge >= 0.3 is 0 Å². The average Bonchev–Trinajstić information content (AvgIpc) is 3.00. The number of hydrogen-bond acceptors (Lipinski definition) is 2. The summed E-state index contributed by atoms with van der Waals surface area (Å²) in [5.41, 5.74) is 1.17. The number of hydrogen-bond donors (Lipinski definition) is 1. The van der Waals surface area contributed by atoms with Gasteiger partial charge in [-0.1, -0.05) is 0 Å². The lowest BCUT2D eigenvalue weighted by atomic mass is 10.1. The van der Waals surface area contributed by atoms with Crippen LogP contribution in [0.2, 0.25) is 0 Å². The smallest absolute Gasteiger partial charge is 0.116 e. The molecule has 1 heterocycles. The van der Waals surface area contributed by atoms with Crippen molar-refractivity contribution in [2.24, 2.45) is 0 Å². The minimum Gasteiger partial charge on any atom is -0.508 e. The topological polar surface area (TPSA) is 33.1 Å². The lowest BCUT2D eigenvalue weighted by Gasteiger charge is -2.01. The van der Waals surface area contributed by atoms with Crippen LogP contribution in [0.5, 0.6) is 5.75 Å². The van der Waals surface area contributed by atoms with Crippen molar-refractivity contribution in [2.75, 3.05) is 0 Å². The monoisotopic (exact) mass is 185 g/mol. The number of aromatic nitrogens is 1. The molecule has 0 unspecified atom stereocenters. The van der Waals surface area contributed by atoms with E-state index in [1.54, 1.807) is 12.1 Å². The van der Waals surface area contributed by atoms with Crippen molar-refractivity contribution >= 4 is 10.8 Å². The largest absolute Gasteiger partial charge is 0.508 e. The van der Waals surface area contributed by atoms with Crippen molar-refractivity contribution in [3.05, 3.63) is 36.2 Å². The summed E-state index contributed by atoms with van der Waals surface area (Å²) in [7, 11) is 0. The second-order valence-corrected chi connectivity index (χ2v) is 3.91. The van der Waals surface area contributed by atoms with Crippen molar-refractivity contribution in [3.63, 3.8) is 0 Å². The first-order valence-electron chi connectivity index (χ1n) is 4.91. The van der Waals surface area contributed by atoms with Gasteiger partial charge in [-0.15, -0.1) is 0 Å². The normalized spacial score (nSPS) is 16.0. The molecule has 1 N–H and O–H groups in total. The predicted molar refractivity (Wildman–Crippen MR) is 55.4 cm³/mol. The van der Waals surface area contributed by atoms with Crippen LogP contribution < -0.4 is 0 Å². The number of phenolic OH excluding ortho intramolecular Hbond substituents is 1. The van der Waals surface area contributed by atoms with Crippen molar-refractivity contribution in [1.29, 1.82) is 0 Å². The Kier molecular flexibility index (Phi) is 1.51. The van der Waals surface area contributed by atoms with Crippen LogP contribution in [0.3, 0.4) is 0 Å². The Hall–Kier alpha value is -1.57. The van der Waals surface area contributed by atoms with Crippen LogP contribution >= 0.6 is 0 Å². The van der Waals surface area contributed by atoms with Crippen molar-refractivity contribution in [3.8, 4) is 5.75 Å². The maximum atomic E-state index is 9.35. The quantitative estimate of drug-likeness (QED) is 0.741. The first kappa shape index (κ1) is 7.80. The van der Waals surface area contributed by atoms with Gasteiger partial charge in [-0.25, -0.2) is 0 Å². The highest BCUT2D eigenvalue weighted by molar-refractivity contribution is 5.83. The Morgan fingerprint density at radius 1 is 1.14 bits per heavy atom. The first-order valence-corrected chi connectivity index (χ1v) is 4.91. The molecular weight excluding hydrogens is 174 g/mol. The van der Waals surface area contributed by atoms with E-state index in [1.165, 1.54) is 18.5 Å². The van der Waals surface area contributed by atoms with Crippen molar-refractivity contribution < 1.29 is 5.11 Å². The first-order chi connectivity index (χ1) is 6.83. The Morgan fingerprint density at radius 2 is 2.00 bits per heavy atom. The van der Waals surface area contributed by atoms with Gasteiger partial charge in [-0.05, 0) is 42.5 Å². The molecule has 1 saturated carbocycles. The number of aromatic hydroxyl groups is 1. The van der Waals surface area contributed by atoms with Crippen LogP contribution in [0, 0.1) is 0 Å². The van der Waals surface area contributed by atoms with E-state index in [2.05, 4.69) is 11.1 Å². The fourth-order valence-corrected chi connectivity index (χ4v) is 1.75. The lowest BCUT2D eigenvalue weighted by molar-refractivity contribution is 0.476. The maximum Gasteiger partial charge on any atom is 0.116 e. The molecule has 0 aliphatic heterocycles. The van der Waals surface area contributed by atoms with E-state index >= 15 is 0 Å². The van der Waals surface area contributed by atoms with Crippen LogP contribution in [0.4, 0.5) is 0 Å². The lowest BCUT2D eigenvalue weighted by Crippen LogP contribution is -1.85. The SMILES string of the molecule is Oc1ccc2cnc(C3CC3)cc2c1. The highest BCUT2D eigenvalue weighted by Crippen LogP contribution is 2.39. The summed E-state index contributed by atoms with van der Waals surface area (Å²) in [4.78, 5) is 4.42. The molecule has 0 bridgehead atoms. The van der Waals surface area contributed by atoms with E-state index in [1.807, 2.05) is 12.3 Å². The molecule has 0 spiro atoms. The van der Waals surface area contributed by atoms with Crippen LogP contribution in [0.1, 0.15) is 24.5 Å². The van der Waals surface area contributed by atoms with Gasteiger partial charge in [0, 0.05) is 23.2 Å². The van der Waals surface area contributed by atoms with Crippen LogP contribution in [0.25, 0.3) is 10.8 Å². The van der Waals surface area contributed by atoms with Gasteiger partial charge in [-0.2, -0.15) is 0 Å². The molecule has 2 aromatic rings. The second-order valence-electron chi connectivity index (χ2n) is 3.91. The highest BCUT2D eigenvalue weighted by Gasteiger charge is 2.24. The van der Waals surface area contributed by atoms with E-state index < -0.39 is 0 Å². The molecule has 2 heteroatoms. The zero-order chi connectivity index (χ0) is 9.54. The molecule has 1 aromatic heterocycles. The number of nitrogens with zero attached hydrogens (tertiary/aromatic N) is 1. The van der Waals surface area contributed by atoms with Gasteiger partial charge in [0.25, 0.3) is 0 Å². The number of phenols is 1. The molecule has 1 aliphatic rings. The third-order valence-corrected chi connectivity index (χ3v) is 2.72. The van der Waals surface area contributed by atoms with E-state index in [9.17, 15) is 5.11 Å². The summed E-state index contributed by atoms with van der Waals surface area (Å²) in [6.45, 7) is 0. The molecule has 0 amide bonds. The highest BCUT2D eigenvalue weighted by atomic mass is 16.3. The van der Waals surface area contributed by atoms with Gasteiger partial charge in [0.1, 0.15) is 5.75 Å². The minimum absolute atomic E-state index is 0.324. The van der Waals surface area contributed by atoms with Crippen molar-refractivity contribution in [2.45, 2.75) is 18.8 Å². The van der Waals surface area contributed by atoms with Gasteiger partial charge in [-0.3, -0.25) is 4.98 Å². The third-order valence-electron chi connectivity index (χ3n) is 2.72. The Bertz CT molecular complexity index is 489. The summed E-state index contributed by atoms with van der Waals surface area (Å²) in [5.74, 6) is 0.993. The molecule has 1 fully saturated rings. The maximum absolute atomic E-state index is 9.35. The molecule has 1 aliphatic carbocycles. The van der Waals surface area contributed by atoms with Gasteiger partial charge in [0.15, 0.2) is 0 Å². The summed E-state index contributed by atoms with van der Waals surface area (Å²) >= 11 is 0. The van der Waals surface area contributed by atoms with Gasteiger partial charge in [0.2, 0.25) is 0 Å². The summed E-state index contributed by atoms with van der Waals surface area (Å²) in [6, 6.07) is 7.48. The molecule has 0 radical (unpaired) electrons. The van der Waals surface area contributed by atoms with Crippen molar-refractivity contribution in [1.82, 2.24) is 4.98 Å². The number of benzene rings is 1. The van der Waals surface area contributed by atoms with E-state index in [0.717, 1.165) is 10.8 Å². The van der Waals surface area contributed by atoms with Crippen LogP contribution in [-0.4, -0.2) is 10.1 Å². The number of rotatable bonds is 1. The summed E-state index contributed by atoms with van der Waals surface area (Å²) in [5, 5.41) is 11.5. The van der Waals surface area contributed by atoms with E-state index in [0.29, 0.717) is 11.7 Å². The van der Waals surface area contributed by atoms with Crippen LogP contribution in [-0.2, 0) is 0 Å². The van der Waals surface area contributed by atoms with E-state index in [4.69, 9.17) is 0 Å². The van der Waals surface area contributed by atoms with Gasteiger partial charge in [0.05, 0.1) is 0 Å². The molecule has 1 aromatic carbocycles. The Labute approximate surface area is 82.2 Å². The zero-order valence-electron chi connectivity index (χ0n) is 7.77. The summed E-state index contributed by atoms with van der Waals surface area (Å²) < 4.78 is 0. The molecule has 3 rings (SSSR count). The molecule has 0 atom stereocenters. The molecule has 14 heavy (non-hydrogen) atoms.